The first-order valence-corrected chi connectivity index (χ1v) is 1.62. The lowest BCUT2D eigenvalue weighted by molar-refractivity contribution is 0.497. The van der Waals surface area contributed by atoms with Gasteiger partial charge in [-0.25, -0.2) is 0 Å². The Hall–Kier alpha value is 0.375. The predicted molar refractivity (Wildman–Crippen MR) is 20.4 cm³/mol. The molecule has 0 aromatic heterocycles. The van der Waals surface area contributed by atoms with Crippen LogP contribution in [0.2, 0.25) is 0 Å². The van der Waals surface area contributed by atoms with Crippen LogP contribution in [0.15, 0.2) is 0 Å². The SMILES string of the molecule is [B]SOC. The fourth-order valence-electron chi connectivity index (χ4n) is 0. The van der Waals surface area contributed by atoms with Gasteiger partial charge in [-0.1, -0.05) is 11.9 Å². The van der Waals surface area contributed by atoms with Crippen molar-refractivity contribution in [2.45, 2.75) is 0 Å². The molecule has 0 amide bonds. The van der Waals surface area contributed by atoms with Crippen LogP contribution in [0.1, 0.15) is 0 Å². The summed E-state index contributed by atoms with van der Waals surface area (Å²) >= 11 is 0.856. The second-order valence-corrected chi connectivity index (χ2v) is 0.789. The van der Waals surface area contributed by atoms with Crippen LogP contribution in [0.25, 0.3) is 0 Å². The quantitative estimate of drug-likeness (QED) is 0.328. The molecule has 0 aliphatic rings. The highest BCUT2D eigenvalue weighted by Crippen LogP contribution is 1.82. The van der Waals surface area contributed by atoms with Gasteiger partial charge in [-0.05, 0) is 0 Å². The van der Waals surface area contributed by atoms with E-state index in [2.05, 4.69) is 4.18 Å². The summed E-state index contributed by atoms with van der Waals surface area (Å²) in [4.78, 5) is 0. The number of rotatable bonds is 1. The van der Waals surface area contributed by atoms with Crippen molar-refractivity contribution in [3.8, 4) is 0 Å². The molecule has 0 N–H and O–H groups in total. The molecule has 22 valence electrons. The summed E-state index contributed by atoms with van der Waals surface area (Å²) in [5.74, 6) is 0. The Morgan fingerprint density at radius 3 is 2.25 bits per heavy atom. The largest absolute Gasteiger partial charge is 0.332 e. The van der Waals surface area contributed by atoms with Crippen LogP contribution in [0.5, 0.6) is 0 Å². The Labute approximate surface area is 31.2 Å². The van der Waals surface area contributed by atoms with E-state index in [9.17, 15) is 0 Å². The molecule has 0 spiro atoms. The summed E-state index contributed by atoms with van der Waals surface area (Å²) in [6.07, 6.45) is 0. The van der Waals surface area contributed by atoms with E-state index in [1.165, 1.54) is 7.11 Å². The molecule has 1 nitrogen and oxygen atoms in total. The van der Waals surface area contributed by atoms with Gasteiger partial charge in [-0.3, -0.25) is 0 Å². The summed E-state index contributed by atoms with van der Waals surface area (Å²) in [5, 5.41) is 0. The predicted octanol–water partition coefficient (Wildman–Crippen LogP) is 0.364. The van der Waals surface area contributed by atoms with E-state index in [1.807, 2.05) is 0 Å². The second kappa shape index (κ2) is 3.37. The summed E-state index contributed by atoms with van der Waals surface area (Å²) in [6, 6.07) is 0. The summed E-state index contributed by atoms with van der Waals surface area (Å²) in [7, 11) is 6.24. The molecule has 2 radical (unpaired) electrons. The van der Waals surface area contributed by atoms with Gasteiger partial charge in [-0.15, -0.1) is 0 Å². The molecular formula is CH3BOS. The van der Waals surface area contributed by atoms with Crippen molar-refractivity contribution in [2.24, 2.45) is 0 Å². The highest BCUT2D eigenvalue weighted by Gasteiger charge is 1.52. The fraction of sp³-hybridized carbons (Fsp3) is 1.00. The van der Waals surface area contributed by atoms with Crippen LogP contribution in [0.4, 0.5) is 0 Å². The smallest absolute Gasteiger partial charge is 0.203 e. The minimum absolute atomic E-state index is 0.856. The number of hydrogen-bond acceptors (Lipinski definition) is 2. The van der Waals surface area contributed by atoms with E-state index >= 15 is 0 Å². The Bertz CT molecular complexity index is 10.0. The van der Waals surface area contributed by atoms with E-state index in [1.54, 1.807) is 0 Å². The average Bonchev–Trinajstić information content (AvgIpc) is 1.37. The lowest BCUT2D eigenvalue weighted by Crippen LogP contribution is -1.55. The lowest BCUT2D eigenvalue weighted by atomic mass is 10.8. The van der Waals surface area contributed by atoms with Gasteiger partial charge in [0, 0.05) is 7.11 Å². The molecule has 0 aliphatic heterocycles. The third-order valence-electron chi connectivity index (χ3n) is 0.0962. The zero-order valence-electron chi connectivity index (χ0n) is 2.39. The minimum atomic E-state index is 0.856. The van der Waals surface area contributed by atoms with Crippen molar-refractivity contribution >= 4 is 19.0 Å². The standard InChI is InChI=1S/CH3BOS/c1-3-4-2/h1H3. The molecule has 0 rings (SSSR count). The molecule has 0 aromatic carbocycles. The molecule has 0 heterocycles. The maximum Gasteiger partial charge on any atom is 0.203 e. The molecule has 0 saturated heterocycles. The van der Waals surface area contributed by atoms with Gasteiger partial charge in [-0.2, -0.15) is 0 Å². The average molecular weight is 73.9 g/mol. The Kier molecular flexibility index (Phi) is 3.69. The normalized spacial score (nSPS) is 7.25. The highest BCUT2D eigenvalue weighted by molar-refractivity contribution is 8.15. The van der Waals surface area contributed by atoms with Crippen molar-refractivity contribution in [1.82, 2.24) is 0 Å². The van der Waals surface area contributed by atoms with Gasteiger partial charge in [0.1, 0.15) is 0 Å². The van der Waals surface area contributed by atoms with Gasteiger partial charge >= 0.3 is 0 Å². The van der Waals surface area contributed by atoms with Crippen LogP contribution < -0.4 is 0 Å². The zero-order valence-corrected chi connectivity index (χ0v) is 3.21. The van der Waals surface area contributed by atoms with Crippen molar-refractivity contribution in [3.05, 3.63) is 0 Å². The molecule has 0 fully saturated rings. The summed E-state index contributed by atoms with van der Waals surface area (Å²) < 4.78 is 4.24. The van der Waals surface area contributed by atoms with Crippen LogP contribution in [-0.2, 0) is 4.18 Å². The first kappa shape index (κ1) is 4.37. The topological polar surface area (TPSA) is 9.23 Å². The van der Waals surface area contributed by atoms with Gasteiger partial charge < -0.3 is 4.18 Å². The molecule has 0 atom stereocenters. The Morgan fingerprint density at radius 1 is 2.00 bits per heavy atom. The molecule has 0 bridgehead atoms. The number of hydrogen-bond donors (Lipinski definition) is 0. The highest BCUT2D eigenvalue weighted by atomic mass is 32.2. The molecule has 4 heavy (non-hydrogen) atoms. The van der Waals surface area contributed by atoms with E-state index in [0.29, 0.717) is 0 Å². The Morgan fingerprint density at radius 2 is 2.25 bits per heavy atom. The first-order valence-electron chi connectivity index (χ1n) is 0.811. The maximum atomic E-state index is 4.72. The summed E-state index contributed by atoms with van der Waals surface area (Å²) in [5.41, 5.74) is 0. The van der Waals surface area contributed by atoms with Crippen LogP contribution >= 0.6 is 11.9 Å². The van der Waals surface area contributed by atoms with Crippen LogP contribution in [0, 0.1) is 0 Å². The van der Waals surface area contributed by atoms with Gasteiger partial charge in [0.05, 0.1) is 0 Å². The Balaban J connectivity index is 1.97. The van der Waals surface area contributed by atoms with Gasteiger partial charge in [0.25, 0.3) is 0 Å². The van der Waals surface area contributed by atoms with Crippen LogP contribution in [0.3, 0.4) is 0 Å². The van der Waals surface area contributed by atoms with E-state index in [4.69, 9.17) is 7.12 Å². The third kappa shape index (κ3) is 2.37. The van der Waals surface area contributed by atoms with Crippen molar-refractivity contribution in [3.63, 3.8) is 0 Å². The zero-order chi connectivity index (χ0) is 3.41. The van der Waals surface area contributed by atoms with Crippen molar-refractivity contribution in [2.75, 3.05) is 7.11 Å². The third-order valence-corrected chi connectivity index (χ3v) is 0.289. The molecule has 0 aliphatic carbocycles. The second-order valence-electron chi connectivity index (χ2n) is 0.263. The minimum Gasteiger partial charge on any atom is -0.332 e. The van der Waals surface area contributed by atoms with Crippen molar-refractivity contribution < 1.29 is 4.18 Å². The summed E-state index contributed by atoms with van der Waals surface area (Å²) in [6.45, 7) is 0. The van der Waals surface area contributed by atoms with E-state index in [0.717, 1.165) is 11.9 Å². The van der Waals surface area contributed by atoms with Crippen molar-refractivity contribution in [1.29, 1.82) is 0 Å². The van der Waals surface area contributed by atoms with Crippen LogP contribution in [-0.4, -0.2) is 14.2 Å². The van der Waals surface area contributed by atoms with E-state index < -0.39 is 0 Å². The molecule has 0 unspecified atom stereocenters. The lowest BCUT2D eigenvalue weighted by Gasteiger charge is -1.75. The molecule has 0 saturated carbocycles. The first-order chi connectivity index (χ1) is 1.91. The monoisotopic (exact) mass is 74.0 g/mol. The fourth-order valence-corrected chi connectivity index (χ4v) is 0. The molecule has 3 heteroatoms. The molecule has 0 aromatic rings. The maximum absolute atomic E-state index is 4.72. The van der Waals surface area contributed by atoms with Gasteiger partial charge in [0.2, 0.25) is 7.12 Å². The molecular weight excluding hydrogens is 70.9 g/mol. The van der Waals surface area contributed by atoms with E-state index in [-0.39, 0.29) is 0 Å². The van der Waals surface area contributed by atoms with Gasteiger partial charge in [0.15, 0.2) is 0 Å².